The maximum Gasteiger partial charge on any atom is 0.306 e. The molecule has 0 saturated heterocycles. The smallest absolute Gasteiger partial charge is 0.306 e. The lowest BCUT2D eigenvalue weighted by Gasteiger charge is -2.04. The van der Waals surface area contributed by atoms with Gasteiger partial charge in [-0.15, -0.1) is 11.3 Å². The highest BCUT2D eigenvalue weighted by Gasteiger charge is 2.11. The van der Waals surface area contributed by atoms with Gasteiger partial charge in [-0.3, -0.25) is 9.59 Å². The van der Waals surface area contributed by atoms with Gasteiger partial charge in [-0.25, -0.2) is 0 Å². The number of benzene rings is 1. The van der Waals surface area contributed by atoms with Gasteiger partial charge in [0, 0.05) is 6.42 Å². The largest absolute Gasteiger partial charge is 0.461 e. The highest BCUT2D eigenvalue weighted by molar-refractivity contribution is 7.12. The first kappa shape index (κ1) is 14.9. The van der Waals surface area contributed by atoms with E-state index in [2.05, 4.69) is 0 Å². The number of ether oxygens (including phenoxy) is 1. The number of hydrogen-bond donors (Lipinski definition) is 0. The summed E-state index contributed by atoms with van der Waals surface area (Å²) in [5.41, 5.74) is 1.37. The molecule has 0 N–H and O–H groups in total. The monoisotopic (exact) mass is 299 g/mol. The summed E-state index contributed by atoms with van der Waals surface area (Å²) in [6.07, 6.45) is 0.236. The fourth-order valence-corrected chi connectivity index (χ4v) is 2.38. The summed E-state index contributed by atoms with van der Waals surface area (Å²) in [7, 11) is 0. The molecule has 2 aromatic rings. The van der Waals surface area contributed by atoms with Crippen molar-refractivity contribution in [1.82, 2.24) is 0 Å². The van der Waals surface area contributed by atoms with Crippen LogP contribution in [0.25, 0.3) is 0 Å². The zero-order chi connectivity index (χ0) is 15.1. The van der Waals surface area contributed by atoms with E-state index in [1.807, 2.05) is 11.4 Å². The third-order valence-corrected chi connectivity index (χ3v) is 3.75. The zero-order valence-corrected chi connectivity index (χ0v) is 12.1. The summed E-state index contributed by atoms with van der Waals surface area (Å²) in [6.45, 7) is 0.151. The number of carbonyl (C=O) groups is 2. The average Bonchev–Trinajstić information content (AvgIpc) is 3.05. The lowest BCUT2D eigenvalue weighted by Crippen LogP contribution is -2.07. The maximum atomic E-state index is 11.7. The van der Waals surface area contributed by atoms with Gasteiger partial charge in [0.2, 0.25) is 0 Å². The van der Waals surface area contributed by atoms with E-state index < -0.39 is 5.97 Å². The number of nitriles is 1. The van der Waals surface area contributed by atoms with Crippen LogP contribution in [0.5, 0.6) is 0 Å². The van der Waals surface area contributed by atoms with Crippen LogP contribution >= 0.6 is 11.3 Å². The Kier molecular flexibility index (Phi) is 5.24. The summed E-state index contributed by atoms with van der Waals surface area (Å²) in [5, 5.41) is 10.5. The van der Waals surface area contributed by atoms with E-state index in [4.69, 9.17) is 10.00 Å². The van der Waals surface area contributed by atoms with Crippen molar-refractivity contribution < 1.29 is 14.3 Å². The Morgan fingerprint density at radius 3 is 2.52 bits per heavy atom. The van der Waals surface area contributed by atoms with Crippen LogP contribution in [-0.4, -0.2) is 11.8 Å². The molecule has 0 unspecified atom stereocenters. The third kappa shape index (κ3) is 4.55. The first-order valence-corrected chi connectivity index (χ1v) is 7.28. The Bertz CT molecular complexity index is 654. The average molecular weight is 299 g/mol. The third-order valence-electron chi connectivity index (χ3n) is 2.84. The van der Waals surface area contributed by atoms with Gasteiger partial charge in [0.05, 0.1) is 22.9 Å². The SMILES string of the molecule is N#Cc1ccc(COC(=O)CCC(=O)c2cccs2)cc1. The van der Waals surface area contributed by atoms with Gasteiger partial charge in [0.15, 0.2) is 5.78 Å². The molecule has 0 aliphatic rings. The molecule has 0 fully saturated rings. The highest BCUT2D eigenvalue weighted by atomic mass is 32.1. The molecule has 1 aromatic carbocycles. The normalized spacial score (nSPS) is 9.86. The van der Waals surface area contributed by atoms with Gasteiger partial charge in [-0.1, -0.05) is 18.2 Å². The van der Waals surface area contributed by atoms with Gasteiger partial charge in [0.25, 0.3) is 0 Å². The lowest BCUT2D eigenvalue weighted by molar-refractivity contribution is -0.144. The van der Waals surface area contributed by atoms with Crippen LogP contribution in [0.15, 0.2) is 41.8 Å². The summed E-state index contributed by atoms with van der Waals surface area (Å²) < 4.78 is 5.10. The van der Waals surface area contributed by atoms with Crippen LogP contribution in [-0.2, 0) is 16.1 Å². The predicted molar refractivity (Wildman–Crippen MR) is 78.8 cm³/mol. The van der Waals surface area contributed by atoms with Crippen LogP contribution in [0.3, 0.4) is 0 Å². The van der Waals surface area contributed by atoms with Crippen molar-refractivity contribution in [3.63, 3.8) is 0 Å². The van der Waals surface area contributed by atoms with E-state index in [0.717, 1.165) is 5.56 Å². The van der Waals surface area contributed by atoms with Crippen LogP contribution in [0.4, 0.5) is 0 Å². The van der Waals surface area contributed by atoms with E-state index in [1.165, 1.54) is 11.3 Å². The van der Waals surface area contributed by atoms with Crippen molar-refractivity contribution in [3.05, 3.63) is 57.8 Å². The highest BCUT2D eigenvalue weighted by Crippen LogP contribution is 2.13. The van der Waals surface area contributed by atoms with E-state index in [0.29, 0.717) is 10.4 Å². The van der Waals surface area contributed by atoms with Gasteiger partial charge >= 0.3 is 5.97 Å². The minimum absolute atomic E-state index is 0.0414. The number of esters is 1. The molecule has 0 amide bonds. The predicted octanol–water partition coefficient (Wildman–Crippen LogP) is 3.33. The van der Waals surface area contributed by atoms with Crippen LogP contribution in [0, 0.1) is 11.3 Å². The van der Waals surface area contributed by atoms with Crippen molar-refractivity contribution in [3.8, 4) is 6.07 Å². The molecule has 0 aliphatic carbocycles. The van der Waals surface area contributed by atoms with Gasteiger partial charge in [-0.05, 0) is 29.1 Å². The lowest BCUT2D eigenvalue weighted by atomic mass is 10.1. The molecule has 0 bridgehead atoms. The molecule has 0 saturated carbocycles. The van der Waals surface area contributed by atoms with Crippen LogP contribution in [0.2, 0.25) is 0 Å². The molecule has 0 radical (unpaired) electrons. The van der Waals surface area contributed by atoms with E-state index in [1.54, 1.807) is 36.4 Å². The Labute approximate surface area is 126 Å². The number of Topliss-reactive ketones (excluding diaryl/α,β-unsaturated/α-hetero) is 1. The van der Waals surface area contributed by atoms with Crippen LogP contribution < -0.4 is 0 Å². The van der Waals surface area contributed by atoms with Gasteiger partial charge < -0.3 is 4.74 Å². The second kappa shape index (κ2) is 7.36. The minimum atomic E-state index is -0.399. The summed E-state index contributed by atoms with van der Waals surface area (Å²) in [6, 6.07) is 12.4. The molecule has 0 spiro atoms. The zero-order valence-electron chi connectivity index (χ0n) is 11.2. The van der Waals surface area contributed by atoms with Gasteiger partial charge in [-0.2, -0.15) is 5.26 Å². The molecule has 4 nitrogen and oxygen atoms in total. The van der Waals surface area contributed by atoms with Gasteiger partial charge in [0.1, 0.15) is 6.61 Å². The molecule has 106 valence electrons. The number of nitrogens with zero attached hydrogens (tertiary/aromatic N) is 1. The molecule has 2 rings (SSSR count). The number of hydrogen-bond acceptors (Lipinski definition) is 5. The Balaban J connectivity index is 1.74. The van der Waals surface area contributed by atoms with Crippen molar-refractivity contribution in [2.75, 3.05) is 0 Å². The quantitative estimate of drug-likeness (QED) is 0.606. The molecular weight excluding hydrogens is 286 g/mol. The van der Waals surface area contributed by atoms with E-state index >= 15 is 0 Å². The second-order valence-corrected chi connectivity index (χ2v) is 5.32. The standard InChI is InChI=1S/C16H13NO3S/c17-10-12-3-5-13(6-4-12)11-20-16(19)8-7-14(18)15-2-1-9-21-15/h1-6,9H,7-8,11H2. The Morgan fingerprint density at radius 1 is 1.14 bits per heavy atom. The topological polar surface area (TPSA) is 67.2 Å². The molecule has 5 heteroatoms. The molecule has 21 heavy (non-hydrogen) atoms. The molecule has 1 aromatic heterocycles. The Hall–Kier alpha value is -2.45. The van der Waals surface area contributed by atoms with E-state index in [-0.39, 0.29) is 25.2 Å². The van der Waals surface area contributed by atoms with E-state index in [9.17, 15) is 9.59 Å². The van der Waals surface area contributed by atoms with Crippen molar-refractivity contribution >= 4 is 23.1 Å². The first-order chi connectivity index (χ1) is 10.2. The minimum Gasteiger partial charge on any atom is -0.461 e. The maximum absolute atomic E-state index is 11.7. The molecular formula is C16H13NO3S. The van der Waals surface area contributed by atoms with Crippen molar-refractivity contribution in [2.45, 2.75) is 19.4 Å². The number of carbonyl (C=O) groups excluding carboxylic acids is 2. The van der Waals surface area contributed by atoms with Crippen molar-refractivity contribution in [2.24, 2.45) is 0 Å². The fourth-order valence-electron chi connectivity index (χ4n) is 1.69. The summed E-state index contributed by atoms with van der Waals surface area (Å²) >= 11 is 1.37. The first-order valence-electron chi connectivity index (χ1n) is 6.40. The van der Waals surface area contributed by atoms with Crippen molar-refractivity contribution in [1.29, 1.82) is 5.26 Å². The number of ketones is 1. The summed E-state index contributed by atoms with van der Waals surface area (Å²) in [4.78, 5) is 24.0. The number of thiophene rings is 1. The second-order valence-electron chi connectivity index (χ2n) is 4.37. The molecule has 0 aliphatic heterocycles. The fraction of sp³-hybridized carbons (Fsp3) is 0.188. The van der Waals surface area contributed by atoms with Crippen LogP contribution in [0.1, 0.15) is 33.6 Å². The summed E-state index contributed by atoms with van der Waals surface area (Å²) in [5.74, 6) is -0.440. The Morgan fingerprint density at radius 2 is 1.90 bits per heavy atom. The molecule has 0 atom stereocenters. The number of rotatable bonds is 6. The molecule has 1 heterocycles.